The van der Waals surface area contributed by atoms with E-state index in [1.54, 1.807) is 7.11 Å². The van der Waals surface area contributed by atoms with Gasteiger partial charge in [0.2, 0.25) is 0 Å². The van der Waals surface area contributed by atoms with Gasteiger partial charge in [-0.3, -0.25) is 0 Å². The van der Waals surface area contributed by atoms with Crippen LogP contribution in [0.25, 0.3) is 0 Å². The third-order valence-corrected chi connectivity index (χ3v) is 4.42. The predicted octanol–water partition coefficient (Wildman–Crippen LogP) is 2.02. The summed E-state index contributed by atoms with van der Waals surface area (Å²) >= 11 is 0. The van der Waals surface area contributed by atoms with Crippen LogP contribution in [0.1, 0.15) is 26.0 Å². The van der Waals surface area contributed by atoms with E-state index in [9.17, 15) is 0 Å². The molecule has 19 heavy (non-hydrogen) atoms. The maximum Gasteiger partial charge on any atom is 0.318 e. The number of rotatable bonds is 3. The second-order valence-corrected chi connectivity index (χ2v) is 6.07. The fraction of sp³-hybridized carbons (Fsp3) is 0.714. The molecule has 1 aromatic heterocycles. The monoisotopic (exact) mass is 263 g/mol. The molecule has 1 saturated heterocycles. The van der Waals surface area contributed by atoms with Gasteiger partial charge in [0.1, 0.15) is 5.82 Å². The van der Waals surface area contributed by atoms with Gasteiger partial charge in [0.25, 0.3) is 0 Å². The van der Waals surface area contributed by atoms with Crippen molar-refractivity contribution in [3.8, 4) is 6.01 Å². The molecule has 0 bridgehead atoms. The highest BCUT2D eigenvalue weighted by Crippen LogP contribution is 2.53. The molecule has 3 rings (SSSR count). The summed E-state index contributed by atoms with van der Waals surface area (Å²) in [5, 5.41) is 3.54. The van der Waals surface area contributed by atoms with Gasteiger partial charge >= 0.3 is 6.01 Å². The first-order chi connectivity index (χ1) is 9.02. The average molecular weight is 263 g/mol. The highest BCUT2D eigenvalue weighted by atomic mass is 16.5. The van der Waals surface area contributed by atoms with Crippen LogP contribution in [0.3, 0.4) is 0 Å². The molecule has 2 heterocycles. The molecule has 0 radical (unpaired) electrons. The first kappa shape index (κ1) is 12.7. The fourth-order valence-electron chi connectivity index (χ4n) is 3.48. The molecule has 1 saturated carbocycles. The molecule has 0 amide bonds. The van der Waals surface area contributed by atoms with Crippen molar-refractivity contribution in [3.63, 3.8) is 0 Å². The summed E-state index contributed by atoms with van der Waals surface area (Å²) in [5.74, 6) is 1.43. The number of nitrogens with zero attached hydrogens (tertiary/aromatic N) is 2. The van der Waals surface area contributed by atoms with E-state index in [0.29, 0.717) is 24.1 Å². The van der Waals surface area contributed by atoms with Crippen molar-refractivity contribution < 1.29 is 9.47 Å². The number of anilines is 1. The molecule has 3 unspecified atom stereocenters. The minimum atomic E-state index is 0.146. The average Bonchev–Trinajstić information content (AvgIpc) is 2.82. The van der Waals surface area contributed by atoms with Crippen LogP contribution in [0.5, 0.6) is 6.01 Å². The molecular weight excluding hydrogens is 242 g/mol. The zero-order chi connectivity index (χ0) is 13.6. The Morgan fingerprint density at radius 3 is 2.95 bits per heavy atom. The van der Waals surface area contributed by atoms with Crippen molar-refractivity contribution >= 4 is 5.82 Å². The molecule has 5 nitrogen and oxygen atoms in total. The molecule has 1 aromatic rings. The van der Waals surface area contributed by atoms with Gasteiger partial charge in [0.05, 0.1) is 13.2 Å². The van der Waals surface area contributed by atoms with Crippen molar-refractivity contribution in [2.24, 2.45) is 11.3 Å². The molecule has 2 fully saturated rings. The topological polar surface area (TPSA) is 56.3 Å². The molecule has 0 aromatic carbocycles. The van der Waals surface area contributed by atoms with E-state index in [-0.39, 0.29) is 5.41 Å². The fourth-order valence-corrected chi connectivity index (χ4v) is 3.48. The van der Waals surface area contributed by atoms with Crippen molar-refractivity contribution in [2.75, 3.05) is 19.0 Å². The lowest BCUT2D eigenvalue weighted by Crippen LogP contribution is -2.63. The van der Waals surface area contributed by atoms with Crippen molar-refractivity contribution in [2.45, 2.75) is 39.3 Å². The standard InChI is InChI=1S/C14H21N3O2/c1-8-7-10(17-13(15-8)18-4)16-11-9-5-6-19-12(9)14(11,2)3/h7,9,11-12H,5-6H2,1-4H3,(H,15,16,17). The van der Waals surface area contributed by atoms with E-state index in [4.69, 9.17) is 9.47 Å². The lowest BCUT2D eigenvalue weighted by molar-refractivity contribution is -0.0924. The van der Waals surface area contributed by atoms with Gasteiger partial charge < -0.3 is 14.8 Å². The number of nitrogens with one attached hydrogen (secondary N) is 1. The summed E-state index contributed by atoms with van der Waals surface area (Å²) in [6, 6.07) is 2.78. The Labute approximate surface area is 113 Å². The highest BCUT2D eigenvalue weighted by molar-refractivity contribution is 5.41. The minimum Gasteiger partial charge on any atom is -0.467 e. The van der Waals surface area contributed by atoms with E-state index in [1.165, 1.54) is 0 Å². The van der Waals surface area contributed by atoms with Gasteiger partial charge in [-0.1, -0.05) is 13.8 Å². The van der Waals surface area contributed by atoms with Crippen molar-refractivity contribution in [1.29, 1.82) is 0 Å². The van der Waals surface area contributed by atoms with Gasteiger partial charge in [-0.05, 0) is 13.3 Å². The zero-order valence-corrected chi connectivity index (χ0v) is 11.9. The third kappa shape index (κ3) is 1.96. The lowest BCUT2D eigenvalue weighted by atomic mass is 9.57. The maximum absolute atomic E-state index is 5.81. The van der Waals surface area contributed by atoms with Crippen molar-refractivity contribution in [1.82, 2.24) is 9.97 Å². The molecule has 104 valence electrons. The number of methoxy groups -OCH3 is 1. The summed E-state index contributed by atoms with van der Waals surface area (Å²) in [6.07, 6.45) is 1.52. The number of aromatic nitrogens is 2. The molecule has 1 N–H and O–H groups in total. The first-order valence-corrected chi connectivity index (χ1v) is 6.80. The molecule has 1 aliphatic heterocycles. The summed E-state index contributed by atoms with van der Waals surface area (Å²) in [7, 11) is 1.59. The van der Waals surface area contributed by atoms with Gasteiger partial charge in [-0.15, -0.1) is 0 Å². The second-order valence-electron chi connectivity index (χ2n) is 6.07. The largest absolute Gasteiger partial charge is 0.467 e. The Kier molecular flexibility index (Phi) is 2.89. The summed E-state index contributed by atoms with van der Waals surface area (Å²) in [5.41, 5.74) is 1.05. The Morgan fingerprint density at radius 1 is 1.42 bits per heavy atom. The van der Waals surface area contributed by atoms with E-state index < -0.39 is 0 Å². The number of hydrogen-bond donors (Lipinski definition) is 1. The Hall–Kier alpha value is -1.36. The normalized spacial score (nSPS) is 31.5. The van der Waals surface area contributed by atoms with Crippen LogP contribution < -0.4 is 10.1 Å². The molecule has 5 heteroatoms. The van der Waals surface area contributed by atoms with Crippen LogP contribution in [-0.2, 0) is 4.74 Å². The number of ether oxygens (including phenoxy) is 2. The predicted molar refractivity (Wildman–Crippen MR) is 72.4 cm³/mol. The molecule has 3 atom stereocenters. The van der Waals surface area contributed by atoms with Gasteiger partial charge in [0.15, 0.2) is 0 Å². The van der Waals surface area contributed by atoms with E-state index in [1.807, 2.05) is 13.0 Å². The Bertz CT molecular complexity index is 490. The Balaban J connectivity index is 1.80. The highest BCUT2D eigenvalue weighted by Gasteiger charge is 2.59. The molecule has 2 aliphatic rings. The minimum absolute atomic E-state index is 0.146. The van der Waals surface area contributed by atoms with Crippen LogP contribution in [0, 0.1) is 18.3 Å². The Morgan fingerprint density at radius 2 is 2.21 bits per heavy atom. The van der Waals surface area contributed by atoms with E-state index >= 15 is 0 Å². The van der Waals surface area contributed by atoms with Gasteiger partial charge in [0, 0.05) is 35.7 Å². The van der Waals surface area contributed by atoms with E-state index in [2.05, 4.69) is 29.1 Å². The lowest BCUT2D eigenvalue weighted by Gasteiger charge is -2.54. The summed E-state index contributed by atoms with van der Waals surface area (Å²) < 4.78 is 10.9. The van der Waals surface area contributed by atoms with Crippen LogP contribution >= 0.6 is 0 Å². The third-order valence-electron chi connectivity index (χ3n) is 4.42. The van der Waals surface area contributed by atoms with Gasteiger partial charge in [-0.25, -0.2) is 4.98 Å². The van der Waals surface area contributed by atoms with Crippen LogP contribution in [0.15, 0.2) is 6.07 Å². The maximum atomic E-state index is 5.81. The number of aryl methyl sites for hydroxylation is 1. The smallest absolute Gasteiger partial charge is 0.318 e. The second kappa shape index (κ2) is 4.34. The van der Waals surface area contributed by atoms with E-state index in [0.717, 1.165) is 24.5 Å². The van der Waals surface area contributed by atoms with Crippen molar-refractivity contribution in [3.05, 3.63) is 11.8 Å². The zero-order valence-electron chi connectivity index (χ0n) is 11.9. The number of hydrogen-bond acceptors (Lipinski definition) is 5. The van der Waals surface area contributed by atoms with Gasteiger partial charge in [-0.2, -0.15) is 4.98 Å². The quantitative estimate of drug-likeness (QED) is 0.904. The van der Waals surface area contributed by atoms with Crippen LogP contribution in [0.2, 0.25) is 0 Å². The molecular formula is C14H21N3O2. The number of fused-ring (bicyclic) bond motifs is 1. The molecule has 0 spiro atoms. The van der Waals surface area contributed by atoms with Crippen LogP contribution in [-0.4, -0.2) is 35.8 Å². The summed E-state index contributed by atoms with van der Waals surface area (Å²) in [6.45, 7) is 7.33. The first-order valence-electron chi connectivity index (χ1n) is 6.80. The summed E-state index contributed by atoms with van der Waals surface area (Å²) in [4.78, 5) is 8.58. The van der Waals surface area contributed by atoms with Crippen LogP contribution in [0.4, 0.5) is 5.82 Å². The molecule has 1 aliphatic carbocycles. The SMILES string of the molecule is COc1nc(C)cc(NC2C3CCOC3C2(C)C)n1.